The van der Waals surface area contributed by atoms with Gasteiger partial charge < -0.3 is 24.2 Å². The van der Waals surface area contributed by atoms with Gasteiger partial charge in [-0.3, -0.25) is 0 Å². The summed E-state index contributed by atoms with van der Waals surface area (Å²) in [4.78, 5) is 30.4. The third kappa shape index (κ3) is 6.20. The van der Waals surface area contributed by atoms with E-state index in [1.165, 1.54) is 0 Å². The van der Waals surface area contributed by atoms with E-state index >= 15 is 0 Å². The zero-order chi connectivity index (χ0) is 22.8. The van der Waals surface area contributed by atoms with Gasteiger partial charge in [-0.25, -0.2) is 14.3 Å². The number of nitrogens with zero attached hydrogens (tertiary/aromatic N) is 7. The van der Waals surface area contributed by atoms with Crippen LogP contribution in [0.4, 0.5) is 15.5 Å². The highest BCUT2D eigenvalue weighted by Gasteiger charge is 2.34. The molecular weight excluding hydrogens is 402 g/mol. The maximum absolute atomic E-state index is 12.6. The number of ether oxygens (including phenoxy) is 2. The molecule has 0 radical (unpaired) electrons. The fourth-order valence-electron chi connectivity index (χ4n) is 3.75. The first-order valence-corrected chi connectivity index (χ1v) is 10.9. The van der Waals surface area contributed by atoms with Crippen molar-refractivity contribution in [2.75, 3.05) is 37.6 Å². The van der Waals surface area contributed by atoms with Crippen molar-refractivity contribution in [1.82, 2.24) is 30.0 Å². The smallest absolute Gasteiger partial charge is 0.410 e. The number of piperazine rings is 1. The molecule has 174 valence electrons. The van der Waals surface area contributed by atoms with E-state index in [1.807, 2.05) is 41.5 Å². The first-order chi connectivity index (χ1) is 14.4. The van der Waals surface area contributed by atoms with Crippen molar-refractivity contribution in [3.63, 3.8) is 0 Å². The van der Waals surface area contributed by atoms with E-state index in [9.17, 15) is 9.59 Å². The van der Waals surface area contributed by atoms with Gasteiger partial charge in [-0.1, -0.05) is 5.10 Å². The van der Waals surface area contributed by atoms with Crippen LogP contribution in [0.5, 0.6) is 0 Å². The van der Waals surface area contributed by atoms with Crippen LogP contribution in [0, 0.1) is 0 Å². The lowest BCUT2D eigenvalue weighted by molar-refractivity contribution is 0.0210. The molecule has 0 aromatic carbocycles. The number of likely N-dealkylation sites (tertiary alicyclic amines) is 1. The van der Waals surface area contributed by atoms with Crippen molar-refractivity contribution in [3.05, 3.63) is 0 Å². The van der Waals surface area contributed by atoms with E-state index in [-0.39, 0.29) is 18.2 Å². The number of hydrogen-bond acceptors (Lipinski definition) is 8. The molecule has 11 nitrogen and oxygen atoms in total. The second-order valence-corrected chi connectivity index (χ2v) is 10.1. The zero-order valence-corrected chi connectivity index (χ0v) is 19.5. The molecule has 1 atom stereocenters. The lowest BCUT2D eigenvalue weighted by atomic mass is 10.2. The van der Waals surface area contributed by atoms with Crippen molar-refractivity contribution >= 4 is 18.1 Å². The molecule has 0 N–H and O–H groups in total. The fourth-order valence-corrected chi connectivity index (χ4v) is 3.75. The van der Waals surface area contributed by atoms with Gasteiger partial charge in [0.15, 0.2) is 0 Å². The largest absolute Gasteiger partial charge is 0.444 e. The van der Waals surface area contributed by atoms with Crippen LogP contribution in [0.3, 0.4) is 0 Å². The van der Waals surface area contributed by atoms with Gasteiger partial charge in [-0.15, -0.1) is 0 Å². The van der Waals surface area contributed by atoms with E-state index in [0.29, 0.717) is 45.2 Å². The first kappa shape index (κ1) is 23.1. The molecule has 2 fully saturated rings. The van der Waals surface area contributed by atoms with Gasteiger partial charge in [0, 0.05) is 32.7 Å². The Labute approximate surface area is 183 Å². The molecule has 2 aliphatic rings. The van der Waals surface area contributed by atoms with Crippen molar-refractivity contribution in [2.45, 2.75) is 78.2 Å². The van der Waals surface area contributed by atoms with Crippen LogP contribution in [-0.4, -0.2) is 92.2 Å². The molecule has 2 saturated heterocycles. The van der Waals surface area contributed by atoms with E-state index < -0.39 is 11.2 Å². The molecule has 0 saturated carbocycles. The van der Waals surface area contributed by atoms with Gasteiger partial charge in [0.1, 0.15) is 11.2 Å². The summed E-state index contributed by atoms with van der Waals surface area (Å²) in [6.07, 6.45) is 1.21. The molecule has 3 rings (SSSR count). The summed E-state index contributed by atoms with van der Waals surface area (Å²) in [7, 11) is 0. The van der Waals surface area contributed by atoms with Crippen LogP contribution >= 0.6 is 0 Å². The number of amides is 2. The summed E-state index contributed by atoms with van der Waals surface area (Å²) in [6.45, 7) is 14.7. The summed E-state index contributed by atoms with van der Waals surface area (Å²) in [5.41, 5.74) is -1.04. The van der Waals surface area contributed by atoms with E-state index in [0.717, 1.165) is 12.8 Å². The van der Waals surface area contributed by atoms with E-state index in [1.54, 1.807) is 14.5 Å². The highest BCUT2D eigenvalue weighted by Crippen LogP contribution is 2.23. The van der Waals surface area contributed by atoms with Gasteiger partial charge in [0.25, 0.3) is 0 Å². The summed E-state index contributed by atoms with van der Waals surface area (Å²) in [5, 5.41) is 12.2. The Morgan fingerprint density at radius 2 is 1.55 bits per heavy atom. The maximum Gasteiger partial charge on any atom is 0.410 e. The molecule has 2 amide bonds. The molecule has 11 heteroatoms. The molecule has 0 spiro atoms. The Hall–Kier alpha value is -2.59. The van der Waals surface area contributed by atoms with E-state index in [4.69, 9.17) is 9.47 Å². The Balaban J connectivity index is 1.59. The highest BCUT2D eigenvalue weighted by atomic mass is 16.6. The minimum Gasteiger partial charge on any atom is -0.444 e. The average molecular weight is 438 g/mol. The summed E-state index contributed by atoms with van der Waals surface area (Å²) >= 11 is 0. The topological polar surface area (TPSA) is 106 Å². The SMILES string of the molecule is CC(C)(C)OC(=O)N1CCN(c2nnnn2C[C@@H]2CCCN2C(=O)OC(C)(C)C)CC1. The standard InChI is InChI=1S/C20H35N7O4/c1-19(2,3)30-17(28)25-12-10-24(11-13-25)16-21-22-23-27(16)14-15-8-7-9-26(15)18(29)31-20(4,5)6/h15H,7-14H2,1-6H3/t15-/m0/s1. The molecule has 0 aliphatic carbocycles. The first-order valence-electron chi connectivity index (χ1n) is 10.9. The molecular formula is C20H35N7O4. The number of aromatic nitrogens is 4. The monoisotopic (exact) mass is 437 g/mol. The predicted molar refractivity (Wildman–Crippen MR) is 114 cm³/mol. The fraction of sp³-hybridized carbons (Fsp3) is 0.850. The Kier molecular flexibility index (Phi) is 6.61. The molecule has 31 heavy (non-hydrogen) atoms. The zero-order valence-electron chi connectivity index (χ0n) is 19.5. The number of rotatable bonds is 3. The minimum atomic E-state index is -0.530. The normalized spacial score (nSPS) is 20.2. The van der Waals surface area contributed by atoms with Gasteiger partial charge in [-0.2, -0.15) is 0 Å². The third-order valence-electron chi connectivity index (χ3n) is 5.12. The van der Waals surface area contributed by atoms with Gasteiger partial charge in [0.2, 0.25) is 5.95 Å². The Morgan fingerprint density at radius 3 is 2.16 bits per heavy atom. The number of carbonyl (C=O) groups is 2. The number of tetrazole rings is 1. The molecule has 2 aliphatic heterocycles. The van der Waals surface area contributed by atoms with Gasteiger partial charge >= 0.3 is 12.2 Å². The van der Waals surface area contributed by atoms with Crippen LogP contribution in [0.1, 0.15) is 54.4 Å². The third-order valence-corrected chi connectivity index (χ3v) is 5.12. The number of anilines is 1. The Morgan fingerprint density at radius 1 is 0.935 bits per heavy atom. The van der Waals surface area contributed by atoms with Crippen LogP contribution in [-0.2, 0) is 16.0 Å². The predicted octanol–water partition coefficient (Wildman–Crippen LogP) is 2.13. The van der Waals surface area contributed by atoms with Crippen LogP contribution in [0.25, 0.3) is 0 Å². The molecule has 3 heterocycles. The average Bonchev–Trinajstić information content (AvgIpc) is 3.29. The van der Waals surface area contributed by atoms with Crippen molar-refractivity contribution in [1.29, 1.82) is 0 Å². The lowest BCUT2D eigenvalue weighted by Crippen LogP contribution is -2.51. The molecule has 0 unspecified atom stereocenters. The molecule has 1 aromatic rings. The summed E-state index contributed by atoms with van der Waals surface area (Å²) in [6, 6.07) is -0.0137. The highest BCUT2D eigenvalue weighted by molar-refractivity contribution is 5.69. The quantitative estimate of drug-likeness (QED) is 0.708. The van der Waals surface area contributed by atoms with Crippen LogP contribution in [0.15, 0.2) is 0 Å². The number of carbonyl (C=O) groups excluding carboxylic acids is 2. The van der Waals surface area contributed by atoms with Gasteiger partial charge in [-0.05, 0) is 64.8 Å². The summed E-state index contributed by atoms with van der Waals surface area (Å²) in [5.74, 6) is 0.653. The van der Waals surface area contributed by atoms with E-state index in [2.05, 4.69) is 20.4 Å². The second kappa shape index (κ2) is 8.88. The number of hydrogen-bond donors (Lipinski definition) is 0. The summed E-state index contributed by atoms with van der Waals surface area (Å²) < 4.78 is 12.8. The van der Waals surface area contributed by atoms with Crippen molar-refractivity contribution in [3.8, 4) is 0 Å². The molecule has 0 bridgehead atoms. The maximum atomic E-state index is 12.6. The Bertz CT molecular complexity index is 775. The lowest BCUT2D eigenvalue weighted by Gasteiger charge is -2.36. The van der Waals surface area contributed by atoms with Crippen LogP contribution in [0.2, 0.25) is 0 Å². The van der Waals surface area contributed by atoms with Crippen molar-refractivity contribution in [2.24, 2.45) is 0 Å². The van der Waals surface area contributed by atoms with Gasteiger partial charge in [0.05, 0.1) is 12.6 Å². The molecule has 1 aromatic heterocycles. The van der Waals surface area contributed by atoms with Crippen LogP contribution < -0.4 is 4.90 Å². The van der Waals surface area contributed by atoms with Crippen molar-refractivity contribution < 1.29 is 19.1 Å². The second-order valence-electron chi connectivity index (χ2n) is 10.1. The minimum absolute atomic E-state index is 0.0137.